The number of aliphatic carboxylic acids is 1. The fourth-order valence-corrected chi connectivity index (χ4v) is 2.55. The van der Waals surface area contributed by atoms with Crippen LogP contribution >= 0.6 is 0 Å². The molecular weight excluding hydrogens is 350 g/mol. The monoisotopic (exact) mass is 371 g/mol. The molecule has 1 amide bonds. The van der Waals surface area contributed by atoms with Crippen LogP contribution in [0.1, 0.15) is 35.7 Å². The number of benzene rings is 2. The van der Waals surface area contributed by atoms with E-state index in [1.54, 1.807) is 6.92 Å². The molecule has 27 heavy (non-hydrogen) atoms. The van der Waals surface area contributed by atoms with E-state index in [1.807, 2.05) is 30.3 Å². The first kappa shape index (κ1) is 19.9. The quantitative estimate of drug-likeness (QED) is 0.460. The third kappa shape index (κ3) is 5.53. The number of hydrogen-bond donors (Lipinski definition) is 3. The lowest BCUT2D eigenvalue weighted by atomic mass is 10.1. The lowest BCUT2D eigenvalue weighted by Crippen LogP contribution is -2.40. The van der Waals surface area contributed by atoms with Crippen LogP contribution < -0.4 is 10.6 Å². The van der Waals surface area contributed by atoms with Crippen LogP contribution in [0.5, 0.6) is 0 Å². The lowest BCUT2D eigenvalue weighted by molar-refractivity contribution is -0.384. The number of nitrogens with one attached hydrogen (secondary N) is 2. The Bertz CT molecular complexity index is 823. The number of carboxylic acids is 1. The highest BCUT2D eigenvalue weighted by Gasteiger charge is 2.22. The first-order valence-electron chi connectivity index (χ1n) is 8.52. The molecule has 0 aromatic heterocycles. The van der Waals surface area contributed by atoms with E-state index in [1.165, 1.54) is 12.1 Å². The summed E-state index contributed by atoms with van der Waals surface area (Å²) in [5.74, 6) is -1.80. The van der Waals surface area contributed by atoms with Gasteiger partial charge in [-0.25, -0.2) is 4.79 Å². The Labute approximate surface area is 156 Å². The Morgan fingerprint density at radius 3 is 2.48 bits per heavy atom. The number of amides is 1. The van der Waals surface area contributed by atoms with Gasteiger partial charge >= 0.3 is 5.97 Å². The molecule has 1 unspecified atom stereocenters. The van der Waals surface area contributed by atoms with Crippen molar-refractivity contribution in [1.29, 1.82) is 0 Å². The van der Waals surface area contributed by atoms with Crippen LogP contribution in [0, 0.1) is 10.1 Å². The Morgan fingerprint density at radius 1 is 1.19 bits per heavy atom. The molecule has 0 aliphatic rings. The molecule has 0 spiro atoms. The molecule has 0 saturated heterocycles. The topological polar surface area (TPSA) is 122 Å². The molecule has 2 aromatic rings. The molecule has 0 heterocycles. The summed E-state index contributed by atoms with van der Waals surface area (Å²) in [5.41, 5.74) is 1.02. The Hall–Kier alpha value is -3.42. The van der Waals surface area contributed by atoms with E-state index in [-0.39, 0.29) is 23.4 Å². The van der Waals surface area contributed by atoms with Crippen LogP contribution in [0.3, 0.4) is 0 Å². The van der Waals surface area contributed by atoms with Gasteiger partial charge in [0.05, 0.1) is 4.92 Å². The van der Waals surface area contributed by atoms with Crippen LogP contribution in [-0.4, -0.2) is 27.9 Å². The highest BCUT2D eigenvalue weighted by molar-refractivity contribution is 5.97. The van der Waals surface area contributed by atoms with Crippen LogP contribution in [0.25, 0.3) is 0 Å². The zero-order valence-corrected chi connectivity index (χ0v) is 14.8. The minimum atomic E-state index is -1.14. The minimum Gasteiger partial charge on any atom is -0.480 e. The first-order valence-corrected chi connectivity index (χ1v) is 8.52. The second kappa shape index (κ2) is 9.33. The number of carboxylic acid groups (broad SMARTS) is 1. The molecule has 2 aromatic carbocycles. The molecule has 8 nitrogen and oxygen atoms in total. The summed E-state index contributed by atoms with van der Waals surface area (Å²) < 4.78 is 0. The van der Waals surface area contributed by atoms with Gasteiger partial charge in [-0.2, -0.15) is 0 Å². The van der Waals surface area contributed by atoms with Gasteiger partial charge in [-0.1, -0.05) is 43.7 Å². The summed E-state index contributed by atoms with van der Waals surface area (Å²) in [6.45, 7) is 2.20. The van der Waals surface area contributed by atoms with Gasteiger partial charge in [-0.05, 0) is 24.1 Å². The average molecular weight is 371 g/mol. The number of anilines is 1. The predicted octanol–water partition coefficient (Wildman–Crippen LogP) is 3.19. The fourth-order valence-electron chi connectivity index (χ4n) is 2.55. The molecular formula is C19H21N3O5. The van der Waals surface area contributed by atoms with Crippen LogP contribution in [0.15, 0.2) is 48.5 Å². The van der Waals surface area contributed by atoms with Crippen molar-refractivity contribution in [3.63, 3.8) is 0 Å². The van der Waals surface area contributed by atoms with Crippen molar-refractivity contribution in [3.8, 4) is 0 Å². The normalized spacial score (nSPS) is 11.4. The van der Waals surface area contributed by atoms with Gasteiger partial charge in [0.1, 0.15) is 11.7 Å². The Kier molecular flexibility index (Phi) is 6.87. The van der Waals surface area contributed by atoms with Crippen molar-refractivity contribution < 1.29 is 19.6 Å². The number of carbonyl (C=O) groups is 2. The van der Waals surface area contributed by atoms with E-state index < -0.39 is 22.8 Å². The van der Waals surface area contributed by atoms with E-state index in [0.717, 1.165) is 11.6 Å². The summed E-state index contributed by atoms with van der Waals surface area (Å²) in [6, 6.07) is 12.4. The summed E-state index contributed by atoms with van der Waals surface area (Å²) in [4.78, 5) is 34.3. The largest absolute Gasteiger partial charge is 0.480 e. The van der Waals surface area contributed by atoms with E-state index in [4.69, 9.17) is 5.11 Å². The number of nitro groups is 1. The molecule has 3 N–H and O–H groups in total. The van der Waals surface area contributed by atoms with E-state index >= 15 is 0 Å². The molecule has 0 fully saturated rings. The number of nitro benzene ring substituents is 1. The zero-order chi connectivity index (χ0) is 19.8. The van der Waals surface area contributed by atoms with Crippen LogP contribution in [0.2, 0.25) is 0 Å². The Morgan fingerprint density at radius 2 is 1.89 bits per heavy atom. The molecule has 0 aliphatic heterocycles. The second-order valence-electron chi connectivity index (χ2n) is 5.98. The molecule has 0 saturated carbocycles. The van der Waals surface area contributed by atoms with Crippen molar-refractivity contribution in [1.82, 2.24) is 5.32 Å². The molecule has 1 atom stereocenters. The fraction of sp³-hybridized carbons (Fsp3) is 0.263. The van der Waals surface area contributed by atoms with Crippen molar-refractivity contribution in [3.05, 3.63) is 69.8 Å². The third-order valence-corrected chi connectivity index (χ3v) is 3.96. The molecule has 0 radical (unpaired) electrons. The highest BCUT2D eigenvalue weighted by Crippen LogP contribution is 2.26. The molecule has 2 rings (SSSR count). The number of hydrogen-bond acceptors (Lipinski definition) is 5. The smallest absolute Gasteiger partial charge is 0.326 e. The van der Waals surface area contributed by atoms with Gasteiger partial charge in [-0.3, -0.25) is 14.9 Å². The highest BCUT2D eigenvalue weighted by atomic mass is 16.6. The first-order chi connectivity index (χ1) is 12.9. The summed E-state index contributed by atoms with van der Waals surface area (Å²) in [7, 11) is 0. The molecule has 8 heteroatoms. The van der Waals surface area contributed by atoms with Crippen molar-refractivity contribution in [2.45, 2.75) is 32.4 Å². The zero-order valence-electron chi connectivity index (χ0n) is 14.8. The average Bonchev–Trinajstić information content (AvgIpc) is 2.66. The standard InChI is InChI=1S/C19H21N3O5/c1-2-6-16(19(24)25)21-18(23)14-9-10-15(17(11-14)22(26)27)20-12-13-7-4-3-5-8-13/h3-5,7-11,16,20H,2,6,12H2,1H3,(H,21,23)(H,24,25). The van der Waals surface area contributed by atoms with Crippen molar-refractivity contribution in [2.75, 3.05) is 5.32 Å². The number of carbonyl (C=O) groups excluding carboxylic acids is 1. The van der Waals surface area contributed by atoms with Gasteiger partial charge in [0, 0.05) is 18.2 Å². The lowest BCUT2D eigenvalue weighted by Gasteiger charge is -2.14. The van der Waals surface area contributed by atoms with E-state index in [9.17, 15) is 19.7 Å². The van der Waals surface area contributed by atoms with Gasteiger partial charge in [0.2, 0.25) is 0 Å². The van der Waals surface area contributed by atoms with Crippen molar-refractivity contribution >= 4 is 23.3 Å². The summed E-state index contributed by atoms with van der Waals surface area (Å²) in [6.07, 6.45) is 0.861. The van der Waals surface area contributed by atoms with Gasteiger partial charge in [0.25, 0.3) is 11.6 Å². The summed E-state index contributed by atoms with van der Waals surface area (Å²) >= 11 is 0. The molecule has 0 aliphatic carbocycles. The minimum absolute atomic E-state index is 0.0364. The van der Waals surface area contributed by atoms with Crippen LogP contribution in [-0.2, 0) is 11.3 Å². The van der Waals surface area contributed by atoms with Gasteiger partial charge < -0.3 is 15.7 Å². The van der Waals surface area contributed by atoms with E-state index in [2.05, 4.69) is 10.6 Å². The van der Waals surface area contributed by atoms with Gasteiger partial charge in [-0.15, -0.1) is 0 Å². The van der Waals surface area contributed by atoms with Crippen molar-refractivity contribution in [2.24, 2.45) is 0 Å². The number of nitrogens with zero attached hydrogens (tertiary/aromatic N) is 1. The third-order valence-electron chi connectivity index (χ3n) is 3.96. The number of rotatable bonds is 9. The Balaban J connectivity index is 2.17. The van der Waals surface area contributed by atoms with Crippen LogP contribution in [0.4, 0.5) is 11.4 Å². The SMILES string of the molecule is CCCC(NC(=O)c1ccc(NCc2ccccc2)c([N+](=O)[O-])c1)C(=O)O. The van der Waals surface area contributed by atoms with Gasteiger partial charge in [0.15, 0.2) is 0 Å². The molecule has 142 valence electrons. The maximum Gasteiger partial charge on any atom is 0.326 e. The maximum atomic E-state index is 12.3. The summed E-state index contributed by atoms with van der Waals surface area (Å²) in [5, 5.41) is 25.9. The molecule has 0 bridgehead atoms. The maximum absolute atomic E-state index is 12.3. The predicted molar refractivity (Wildman–Crippen MR) is 101 cm³/mol. The second-order valence-corrected chi connectivity index (χ2v) is 5.98. The van der Waals surface area contributed by atoms with E-state index in [0.29, 0.717) is 13.0 Å².